The molecule has 1 aromatic heterocycles. The summed E-state index contributed by atoms with van der Waals surface area (Å²) in [5, 5.41) is 3.94. The van der Waals surface area contributed by atoms with E-state index in [0.29, 0.717) is 43.7 Å². The van der Waals surface area contributed by atoms with Gasteiger partial charge in [0, 0.05) is 31.1 Å². The number of benzene rings is 2. The second kappa shape index (κ2) is 9.21. The summed E-state index contributed by atoms with van der Waals surface area (Å²) in [7, 11) is -4.01. The predicted molar refractivity (Wildman–Crippen MR) is 108 cm³/mol. The van der Waals surface area contributed by atoms with Crippen LogP contribution < -0.4 is 0 Å². The Labute approximate surface area is 178 Å². The lowest BCUT2D eigenvalue weighted by Gasteiger charge is -2.31. The minimum atomic E-state index is -4.01. The van der Waals surface area contributed by atoms with Crippen molar-refractivity contribution in [2.24, 2.45) is 0 Å². The summed E-state index contributed by atoms with van der Waals surface area (Å²) < 4.78 is 64.8. The van der Waals surface area contributed by atoms with Gasteiger partial charge in [0.1, 0.15) is 11.6 Å². The third-order valence-corrected chi connectivity index (χ3v) is 6.83. The van der Waals surface area contributed by atoms with Crippen molar-refractivity contribution in [1.29, 1.82) is 0 Å². The maximum Gasteiger partial charge on any atom is 0.257 e. The summed E-state index contributed by atoms with van der Waals surface area (Å²) in [5.41, 5.74) is 0.823. The molecule has 0 bridgehead atoms. The molecule has 2 aromatic carbocycles. The lowest BCUT2D eigenvalue weighted by Crippen LogP contribution is -2.43. The molecule has 1 fully saturated rings. The smallest absolute Gasteiger partial charge is 0.257 e. The lowest BCUT2D eigenvalue weighted by molar-refractivity contribution is 0.0199. The zero-order chi connectivity index (χ0) is 21.8. The van der Waals surface area contributed by atoms with Gasteiger partial charge in [-0.3, -0.25) is 0 Å². The minimum absolute atomic E-state index is 0.113. The van der Waals surface area contributed by atoms with Gasteiger partial charge in [-0.15, -0.1) is 0 Å². The van der Waals surface area contributed by atoms with Gasteiger partial charge in [-0.1, -0.05) is 23.4 Å². The molecule has 1 unspecified atom stereocenters. The Kier molecular flexibility index (Phi) is 6.40. The van der Waals surface area contributed by atoms with Crippen LogP contribution in [0.1, 0.15) is 18.7 Å². The number of aromatic nitrogens is 2. The zero-order valence-corrected chi connectivity index (χ0v) is 17.4. The van der Waals surface area contributed by atoms with Gasteiger partial charge < -0.3 is 9.26 Å². The van der Waals surface area contributed by atoms with Crippen LogP contribution in [0.4, 0.5) is 8.78 Å². The van der Waals surface area contributed by atoms with Gasteiger partial charge in [-0.05, 0) is 37.1 Å². The van der Waals surface area contributed by atoms with Crippen LogP contribution in [0.3, 0.4) is 0 Å². The van der Waals surface area contributed by atoms with Gasteiger partial charge in [0.2, 0.25) is 10.0 Å². The summed E-state index contributed by atoms with van der Waals surface area (Å²) in [5.74, 6) is -0.945. The highest BCUT2D eigenvalue weighted by atomic mass is 32.2. The number of hydrogen-bond acceptors (Lipinski definition) is 6. The third kappa shape index (κ3) is 5.15. The first-order chi connectivity index (χ1) is 14.9. The Morgan fingerprint density at radius 1 is 1.13 bits per heavy atom. The number of nitrogens with zero attached hydrogens (tertiary/aromatic N) is 3. The van der Waals surface area contributed by atoms with Crippen molar-refractivity contribution >= 4 is 10.0 Å². The van der Waals surface area contributed by atoms with Crippen LogP contribution in [-0.4, -0.2) is 48.7 Å². The molecular weight excluding hydrogens is 428 g/mol. The van der Waals surface area contributed by atoms with E-state index in [0.717, 1.165) is 17.7 Å². The van der Waals surface area contributed by atoms with Gasteiger partial charge >= 0.3 is 0 Å². The SMILES string of the molecule is O=S(=O)(c1cc(F)cc(F)c1)N1CCCC(OCCc2noc(-c3ccccc3)n2)C1. The molecule has 1 aliphatic rings. The molecule has 164 valence electrons. The zero-order valence-electron chi connectivity index (χ0n) is 16.6. The Balaban J connectivity index is 1.34. The number of piperidine rings is 1. The summed E-state index contributed by atoms with van der Waals surface area (Å²) in [6.45, 7) is 0.675. The van der Waals surface area contributed by atoms with E-state index in [2.05, 4.69) is 10.1 Å². The van der Waals surface area contributed by atoms with E-state index in [1.807, 2.05) is 30.3 Å². The third-order valence-electron chi connectivity index (χ3n) is 4.98. The normalized spacial score (nSPS) is 17.7. The van der Waals surface area contributed by atoms with E-state index in [-0.39, 0.29) is 19.2 Å². The van der Waals surface area contributed by atoms with Crippen LogP contribution in [0.25, 0.3) is 11.5 Å². The monoisotopic (exact) mass is 449 g/mol. The van der Waals surface area contributed by atoms with Crippen LogP contribution in [0.5, 0.6) is 0 Å². The van der Waals surface area contributed by atoms with Crippen molar-refractivity contribution in [3.8, 4) is 11.5 Å². The van der Waals surface area contributed by atoms with E-state index >= 15 is 0 Å². The van der Waals surface area contributed by atoms with Crippen molar-refractivity contribution < 1.29 is 26.5 Å². The molecule has 1 saturated heterocycles. The maximum atomic E-state index is 13.5. The fourth-order valence-electron chi connectivity index (χ4n) is 3.46. The van der Waals surface area contributed by atoms with Gasteiger partial charge in [-0.25, -0.2) is 17.2 Å². The Morgan fingerprint density at radius 3 is 2.61 bits per heavy atom. The molecule has 31 heavy (non-hydrogen) atoms. The molecule has 10 heteroatoms. The highest BCUT2D eigenvalue weighted by Crippen LogP contribution is 2.24. The van der Waals surface area contributed by atoms with Crippen LogP contribution in [0.2, 0.25) is 0 Å². The molecule has 0 spiro atoms. The summed E-state index contributed by atoms with van der Waals surface area (Å²) >= 11 is 0. The molecule has 4 rings (SSSR count). The van der Waals surface area contributed by atoms with Crippen LogP contribution >= 0.6 is 0 Å². The van der Waals surface area contributed by atoms with E-state index in [4.69, 9.17) is 9.26 Å². The summed E-state index contributed by atoms with van der Waals surface area (Å²) in [6, 6.07) is 11.7. The van der Waals surface area contributed by atoms with Crippen LogP contribution in [0.15, 0.2) is 57.9 Å². The van der Waals surface area contributed by atoms with Gasteiger partial charge in [0.05, 0.1) is 17.6 Å². The second-order valence-corrected chi connectivity index (χ2v) is 9.17. The average Bonchev–Trinajstić information content (AvgIpc) is 3.23. The summed E-state index contributed by atoms with van der Waals surface area (Å²) in [6.07, 6.45) is 1.35. The van der Waals surface area contributed by atoms with Crippen molar-refractivity contribution in [3.05, 3.63) is 66.0 Å². The molecule has 7 nitrogen and oxygen atoms in total. The number of halogens is 2. The number of hydrogen-bond donors (Lipinski definition) is 0. The van der Waals surface area contributed by atoms with E-state index in [9.17, 15) is 17.2 Å². The number of sulfonamides is 1. The molecule has 0 radical (unpaired) electrons. The molecule has 3 aromatic rings. The fraction of sp³-hybridized carbons (Fsp3) is 0.333. The van der Waals surface area contributed by atoms with E-state index < -0.39 is 26.6 Å². The van der Waals surface area contributed by atoms with Gasteiger partial charge in [-0.2, -0.15) is 9.29 Å². The van der Waals surface area contributed by atoms with E-state index in [1.165, 1.54) is 4.31 Å². The minimum Gasteiger partial charge on any atom is -0.376 e. The summed E-state index contributed by atoms with van der Waals surface area (Å²) in [4.78, 5) is 3.94. The topological polar surface area (TPSA) is 85.5 Å². The Morgan fingerprint density at radius 2 is 1.87 bits per heavy atom. The fourth-order valence-corrected chi connectivity index (χ4v) is 5.01. The van der Waals surface area contributed by atoms with E-state index in [1.54, 1.807) is 0 Å². The first kappa shape index (κ1) is 21.5. The molecule has 1 atom stereocenters. The van der Waals surface area contributed by atoms with Crippen molar-refractivity contribution in [2.75, 3.05) is 19.7 Å². The number of ether oxygens (including phenoxy) is 1. The maximum absolute atomic E-state index is 13.5. The first-order valence-corrected chi connectivity index (χ1v) is 11.3. The molecule has 1 aliphatic heterocycles. The predicted octanol–water partition coefficient (Wildman–Crippen LogP) is 3.43. The highest BCUT2D eigenvalue weighted by Gasteiger charge is 2.31. The van der Waals surface area contributed by atoms with Crippen LogP contribution in [0, 0.1) is 11.6 Å². The molecule has 0 aliphatic carbocycles. The molecule has 0 amide bonds. The van der Waals surface area contributed by atoms with Crippen molar-refractivity contribution in [1.82, 2.24) is 14.4 Å². The average molecular weight is 449 g/mol. The van der Waals surface area contributed by atoms with Gasteiger partial charge in [0.15, 0.2) is 5.82 Å². The van der Waals surface area contributed by atoms with Crippen LogP contribution in [-0.2, 0) is 21.2 Å². The molecule has 2 heterocycles. The number of rotatable bonds is 7. The molecule has 0 saturated carbocycles. The quantitative estimate of drug-likeness (QED) is 0.550. The Bertz CT molecular complexity index is 1120. The second-order valence-electron chi connectivity index (χ2n) is 7.24. The lowest BCUT2D eigenvalue weighted by atomic mass is 10.1. The standard InChI is InChI=1S/C21H21F2N3O4S/c22-16-11-17(23)13-19(12-16)31(27,28)26-9-4-7-18(14-26)29-10-8-20-24-21(30-25-20)15-5-2-1-3-6-15/h1-3,5-6,11-13,18H,4,7-10,14H2. The molecular formula is C21H21F2N3O4S. The van der Waals surface area contributed by atoms with Crippen molar-refractivity contribution in [3.63, 3.8) is 0 Å². The largest absolute Gasteiger partial charge is 0.376 e. The molecule has 0 N–H and O–H groups in total. The van der Waals surface area contributed by atoms with Crippen molar-refractivity contribution in [2.45, 2.75) is 30.3 Å². The Hall–Kier alpha value is -2.69. The first-order valence-electron chi connectivity index (χ1n) is 9.88. The van der Waals surface area contributed by atoms with Gasteiger partial charge in [0.25, 0.3) is 5.89 Å². The highest BCUT2D eigenvalue weighted by molar-refractivity contribution is 7.89.